The van der Waals surface area contributed by atoms with Crippen molar-refractivity contribution in [3.63, 3.8) is 0 Å². The zero-order chi connectivity index (χ0) is 19.8. The van der Waals surface area contributed by atoms with Crippen LogP contribution in [0.1, 0.15) is 38.1 Å². The standard InChI is InChI=1S/C24H28N4O/c1-18(2)15-28-17-26-22-20-8-3-4-9-21(20)29-24(23(22)28)10-13-27(14-11-24)16-19-7-5-6-12-25-19/h3-9,12,17-18H,10-11,13-16H2,1-2H3. The van der Waals surface area contributed by atoms with E-state index in [4.69, 9.17) is 9.72 Å². The molecule has 0 atom stereocenters. The van der Waals surface area contributed by atoms with Crippen molar-refractivity contribution < 1.29 is 4.74 Å². The quantitative estimate of drug-likeness (QED) is 0.661. The molecule has 0 bridgehead atoms. The molecule has 1 spiro atoms. The Morgan fingerprint density at radius 3 is 2.59 bits per heavy atom. The van der Waals surface area contributed by atoms with Gasteiger partial charge in [-0.1, -0.05) is 32.0 Å². The molecule has 5 rings (SSSR count). The number of fused-ring (bicyclic) bond motifs is 4. The van der Waals surface area contributed by atoms with E-state index in [1.165, 1.54) is 5.69 Å². The monoisotopic (exact) mass is 388 g/mol. The zero-order valence-electron chi connectivity index (χ0n) is 17.2. The van der Waals surface area contributed by atoms with Crippen molar-refractivity contribution in [1.82, 2.24) is 19.4 Å². The van der Waals surface area contributed by atoms with Gasteiger partial charge in [0.2, 0.25) is 0 Å². The van der Waals surface area contributed by atoms with Crippen molar-refractivity contribution in [1.29, 1.82) is 0 Å². The first kappa shape index (κ1) is 18.4. The summed E-state index contributed by atoms with van der Waals surface area (Å²) in [4.78, 5) is 11.8. The zero-order valence-corrected chi connectivity index (χ0v) is 17.2. The summed E-state index contributed by atoms with van der Waals surface area (Å²) >= 11 is 0. The second-order valence-corrected chi connectivity index (χ2v) is 8.68. The van der Waals surface area contributed by atoms with Gasteiger partial charge in [0, 0.05) is 50.8 Å². The molecule has 2 aliphatic heterocycles. The van der Waals surface area contributed by atoms with Crippen molar-refractivity contribution in [2.24, 2.45) is 5.92 Å². The van der Waals surface area contributed by atoms with Gasteiger partial charge in [-0.25, -0.2) is 4.98 Å². The van der Waals surface area contributed by atoms with Crippen LogP contribution in [0.15, 0.2) is 55.0 Å². The number of aromatic nitrogens is 3. The number of rotatable bonds is 4. The molecule has 29 heavy (non-hydrogen) atoms. The maximum absolute atomic E-state index is 6.76. The Hall–Kier alpha value is -2.66. The Morgan fingerprint density at radius 2 is 1.83 bits per heavy atom. The number of ether oxygens (including phenoxy) is 1. The second-order valence-electron chi connectivity index (χ2n) is 8.68. The number of benzene rings is 1. The molecule has 2 aliphatic rings. The first-order chi connectivity index (χ1) is 14.1. The molecule has 1 aromatic carbocycles. The molecule has 1 saturated heterocycles. The van der Waals surface area contributed by atoms with E-state index in [0.717, 1.165) is 61.7 Å². The largest absolute Gasteiger partial charge is 0.480 e. The Bertz CT molecular complexity index is 987. The van der Waals surface area contributed by atoms with Gasteiger partial charge in [-0.05, 0) is 30.2 Å². The van der Waals surface area contributed by atoms with Crippen molar-refractivity contribution in [2.75, 3.05) is 13.1 Å². The number of nitrogens with zero attached hydrogens (tertiary/aromatic N) is 4. The highest BCUT2D eigenvalue weighted by atomic mass is 16.5. The minimum absolute atomic E-state index is 0.296. The van der Waals surface area contributed by atoms with Crippen LogP contribution >= 0.6 is 0 Å². The molecule has 2 aromatic heterocycles. The molecule has 1 fully saturated rings. The summed E-state index contributed by atoms with van der Waals surface area (Å²) in [7, 11) is 0. The lowest BCUT2D eigenvalue weighted by Gasteiger charge is -2.44. The first-order valence-corrected chi connectivity index (χ1v) is 10.6. The normalized spacial score (nSPS) is 17.8. The predicted octanol–water partition coefficient (Wildman–Crippen LogP) is 4.48. The lowest BCUT2D eigenvalue weighted by atomic mass is 9.83. The third kappa shape index (κ3) is 3.33. The molecule has 0 aliphatic carbocycles. The highest BCUT2D eigenvalue weighted by Gasteiger charge is 2.46. The van der Waals surface area contributed by atoms with Gasteiger partial charge in [-0.3, -0.25) is 9.88 Å². The van der Waals surface area contributed by atoms with Crippen LogP contribution in [0, 0.1) is 5.92 Å². The first-order valence-electron chi connectivity index (χ1n) is 10.6. The van der Waals surface area contributed by atoms with Crippen LogP contribution in [-0.2, 0) is 18.7 Å². The van der Waals surface area contributed by atoms with Crippen molar-refractivity contribution in [2.45, 2.75) is 45.4 Å². The summed E-state index contributed by atoms with van der Waals surface area (Å²) in [5, 5.41) is 0. The van der Waals surface area contributed by atoms with E-state index in [1.54, 1.807) is 0 Å². The summed E-state index contributed by atoms with van der Waals surface area (Å²) in [6.07, 6.45) is 5.81. The summed E-state index contributed by atoms with van der Waals surface area (Å²) in [6.45, 7) is 8.35. The van der Waals surface area contributed by atoms with E-state index in [9.17, 15) is 0 Å². The Balaban J connectivity index is 1.46. The fraction of sp³-hybridized carbons (Fsp3) is 0.417. The van der Waals surface area contributed by atoms with Crippen LogP contribution in [-0.4, -0.2) is 32.5 Å². The smallest absolute Gasteiger partial charge is 0.153 e. The Kier molecular flexibility index (Phi) is 4.63. The Labute approximate surface area is 172 Å². The number of hydrogen-bond donors (Lipinski definition) is 0. The molecule has 3 aromatic rings. The number of likely N-dealkylation sites (tertiary alicyclic amines) is 1. The van der Waals surface area contributed by atoms with E-state index >= 15 is 0 Å². The van der Waals surface area contributed by atoms with Gasteiger partial charge in [-0.2, -0.15) is 0 Å². The summed E-state index contributed by atoms with van der Waals surface area (Å²) in [6, 6.07) is 14.5. The lowest BCUT2D eigenvalue weighted by molar-refractivity contribution is -0.0135. The molecule has 150 valence electrons. The average Bonchev–Trinajstić information content (AvgIpc) is 3.15. The molecule has 0 radical (unpaired) electrons. The van der Waals surface area contributed by atoms with E-state index in [-0.39, 0.29) is 5.60 Å². The molecular weight excluding hydrogens is 360 g/mol. The fourth-order valence-corrected chi connectivity index (χ4v) is 4.73. The Morgan fingerprint density at radius 1 is 1.03 bits per heavy atom. The van der Waals surface area contributed by atoms with E-state index < -0.39 is 0 Å². The van der Waals surface area contributed by atoms with Crippen LogP contribution in [0.2, 0.25) is 0 Å². The van der Waals surface area contributed by atoms with E-state index in [0.29, 0.717) is 5.92 Å². The number of piperidine rings is 1. The van der Waals surface area contributed by atoms with Gasteiger partial charge in [0.1, 0.15) is 5.75 Å². The number of hydrogen-bond acceptors (Lipinski definition) is 4. The molecule has 5 heteroatoms. The number of imidazole rings is 1. The van der Waals surface area contributed by atoms with Gasteiger partial charge < -0.3 is 9.30 Å². The van der Waals surface area contributed by atoms with Gasteiger partial charge >= 0.3 is 0 Å². The minimum Gasteiger partial charge on any atom is -0.480 e. The van der Waals surface area contributed by atoms with Crippen LogP contribution in [0.4, 0.5) is 0 Å². The van der Waals surface area contributed by atoms with Gasteiger partial charge in [0.05, 0.1) is 23.4 Å². The van der Waals surface area contributed by atoms with Crippen LogP contribution < -0.4 is 4.74 Å². The van der Waals surface area contributed by atoms with Gasteiger partial charge in [0.15, 0.2) is 5.60 Å². The maximum Gasteiger partial charge on any atom is 0.153 e. The molecule has 4 heterocycles. The molecular formula is C24H28N4O. The number of pyridine rings is 1. The third-order valence-electron chi connectivity index (χ3n) is 6.05. The van der Waals surface area contributed by atoms with Gasteiger partial charge in [0.25, 0.3) is 0 Å². The highest BCUT2D eigenvalue weighted by molar-refractivity contribution is 5.72. The molecule has 5 nitrogen and oxygen atoms in total. The van der Waals surface area contributed by atoms with Crippen LogP contribution in [0.25, 0.3) is 11.3 Å². The minimum atomic E-state index is -0.296. The lowest BCUT2D eigenvalue weighted by Crippen LogP contribution is -2.48. The molecule has 0 N–H and O–H groups in total. The van der Waals surface area contributed by atoms with Crippen LogP contribution in [0.5, 0.6) is 5.75 Å². The average molecular weight is 389 g/mol. The third-order valence-corrected chi connectivity index (χ3v) is 6.05. The summed E-state index contributed by atoms with van der Waals surface area (Å²) in [5.41, 5.74) is 4.32. The van der Waals surface area contributed by atoms with E-state index in [1.807, 2.05) is 18.6 Å². The highest BCUT2D eigenvalue weighted by Crippen LogP contribution is 2.49. The fourth-order valence-electron chi connectivity index (χ4n) is 4.73. The second kappa shape index (κ2) is 7.30. The predicted molar refractivity (Wildman–Crippen MR) is 114 cm³/mol. The summed E-state index contributed by atoms with van der Waals surface area (Å²) < 4.78 is 9.10. The SMILES string of the molecule is CC(C)Cn1cnc2c1C1(CCN(Cc3ccccn3)CC1)Oc1ccccc1-2. The van der Waals surface area contributed by atoms with Gasteiger partial charge in [-0.15, -0.1) is 0 Å². The van der Waals surface area contributed by atoms with Crippen molar-refractivity contribution in [3.8, 4) is 17.0 Å². The van der Waals surface area contributed by atoms with Crippen molar-refractivity contribution >= 4 is 0 Å². The molecule has 0 amide bonds. The maximum atomic E-state index is 6.76. The molecule has 0 unspecified atom stereocenters. The topological polar surface area (TPSA) is 43.2 Å². The number of para-hydroxylation sites is 1. The summed E-state index contributed by atoms with van der Waals surface area (Å²) in [5.74, 6) is 1.53. The van der Waals surface area contributed by atoms with Crippen molar-refractivity contribution in [3.05, 3.63) is 66.4 Å². The molecule has 0 saturated carbocycles. The van der Waals surface area contributed by atoms with E-state index in [2.05, 4.69) is 64.7 Å². The van der Waals surface area contributed by atoms with Crippen LogP contribution in [0.3, 0.4) is 0 Å².